The van der Waals surface area contributed by atoms with Gasteiger partial charge in [0.15, 0.2) is 0 Å². The summed E-state index contributed by atoms with van der Waals surface area (Å²) in [6.07, 6.45) is -0.905. The highest BCUT2D eigenvalue weighted by Gasteiger charge is 2.39. The first kappa shape index (κ1) is 20.2. The first-order valence-corrected chi connectivity index (χ1v) is 9.82. The van der Waals surface area contributed by atoms with Crippen molar-refractivity contribution in [2.75, 3.05) is 19.7 Å². The van der Waals surface area contributed by atoms with Crippen LogP contribution in [0.4, 0.5) is 13.2 Å². The molecular weight excluding hydrogens is 387 g/mol. The Morgan fingerprint density at radius 3 is 2.69 bits per heavy atom. The minimum Gasteiger partial charge on any atom is -0.388 e. The standard InChI is InChI=1S/C20H24F3N3O3/c1-13-9-14-10-16(20(21,22)23)24-17(14)26(11-13)12-19(28)4-6-25(7-5-19)18(27)15-3-2-8-29-15/h9-11,15,28H,2-8,12H2,1H3. The number of aliphatic hydroxyl groups is 1. The second-order valence-electron chi connectivity index (χ2n) is 8.11. The molecule has 0 aromatic heterocycles. The fourth-order valence-corrected chi connectivity index (χ4v) is 4.21. The fraction of sp³-hybridized carbons (Fsp3) is 0.600. The van der Waals surface area contributed by atoms with E-state index in [1.54, 1.807) is 28.7 Å². The number of nitrogens with zero attached hydrogens (tertiary/aromatic N) is 3. The van der Waals surface area contributed by atoms with Crippen LogP contribution in [-0.2, 0) is 22.3 Å². The van der Waals surface area contributed by atoms with Crippen molar-refractivity contribution < 1.29 is 27.8 Å². The minimum atomic E-state index is -4.52. The van der Waals surface area contributed by atoms with Gasteiger partial charge in [-0.2, -0.15) is 13.2 Å². The van der Waals surface area contributed by atoms with Gasteiger partial charge >= 0.3 is 6.18 Å². The zero-order valence-electron chi connectivity index (χ0n) is 16.2. The summed E-state index contributed by atoms with van der Waals surface area (Å²) in [6, 6.07) is 2.69. The number of hydrogen-bond acceptors (Lipinski definition) is 4. The Bertz CT molecular complexity index is 866. The Balaban J connectivity index is 1.50. The highest BCUT2D eigenvalue weighted by Crippen LogP contribution is 2.35. The van der Waals surface area contributed by atoms with E-state index in [0.717, 1.165) is 24.5 Å². The van der Waals surface area contributed by atoms with Gasteiger partial charge in [-0.1, -0.05) is 0 Å². The fourth-order valence-electron chi connectivity index (χ4n) is 4.21. The molecule has 1 amide bonds. The lowest BCUT2D eigenvalue weighted by molar-refractivity contribution is -0.145. The monoisotopic (exact) mass is 411 g/mol. The lowest BCUT2D eigenvalue weighted by Gasteiger charge is -2.39. The topological polar surface area (TPSA) is 67.6 Å². The number of halogens is 3. The first-order valence-electron chi connectivity index (χ1n) is 9.82. The van der Waals surface area contributed by atoms with E-state index < -0.39 is 17.5 Å². The van der Waals surface area contributed by atoms with Crippen molar-refractivity contribution in [2.24, 2.45) is 0 Å². The first-order chi connectivity index (χ1) is 13.6. The van der Waals surface area contributed by atoms with Crippen LogP contribution in [0.5, 0.6) is 0 Å². The van der Waals surface area contributed by atoms with Crippen molar-refractivity contribution in [1.29, 1.82) is 0 Å². The van der Waals surface area contributed by atoms with Gasteiger partial charge in [0, 0.05) is 31.5 Å². The van der Waals surface area contributed by atoms with Gasteiger partial charge in [0.05, 0.1) is 12.1 Å². The molecule has 0 aromatic rings. The number of carbonyl (C=O) groups excluding carboxylic acids is 1. The average Bonchev–Trinajstić information content (AvgIpc) is 3.31. The zero-order valence-corrected chi connectivity index (χ0v) is 16.2. The van der Waals surface area contributed by atoms with E-state index in [4.69, 9.17) is 4.74 Å². The number of aromatic nitrogens is 2. The zero-order chi connectivity index (χ0) is 20.8. The van der Waals surface area contributed by atoms with Gasteiger partial charge in [-0.25, -0.2) is 4.98 Å². The van der Waals surface area contributed by atoms with E-state index in [0.29, 0.717) is 38.1 Å². The van der Waals surface area contributed by atoms with Crippen LogP contribution < -0.4 is 0 Å². The third-order valence-electron chi connectivity index (χ3n) is 5.76. The van der Waals surface area contributed by atoms with Crippen molar-refractivity contribution in [1.82, 2.24) is 14.5 Å². The summed E-state index contributed by atoms with van der Waals surface area (Å²) >= 11 is 0. The van der Waals surface area contributed by atoms with Crippen molar-refractivity contribution in [3.8, 4) is 11.4 Å². The number of aryl methyl sites for hydroxylation is 1. The Hall–Kier alpha value is -2.13. The number of alkyl halides is 3. The molecule has 0 bridgehead atoms. The molecule has 4 aliphatic heterocycles. The SMILES string of the molecule is Cc1cc2cc(C(F)(F)F)nc-2n(CC2(O)CCN(C(=O)C3CCCO3)CC2)c1. The molecule has 158 valence electrons. The van der Waals surface area contributed by atoms with Crippen LogP contribution in [-0.4, -0.2) is 56.9 Å². The maximum atomic E-state index is 13.1. The largest absolute Gasteiger partial charge is 0.433 e. The molecule has 9 heteroatoms. The van der Waals surface area contributed by atoms with Gasteiger partial charge in [-0.05, 0) is 50.3 Å². The van der Waals surface area contributed by atoms with Crippen LogP contribution in [0.1, 0.15) is 36.9 Å². The molecule has 1 N–H and O–H groups in total. The number of ether oxygens (including phenoxy) is 1. The maximum Gasteiger partial charge on any atom is 0.433 e. The molecule has 0 spiro atoms. The molecule has 0 saturated carbocycles. The predicted molar refractivity (Wildman–Crippen MR) is 98.3 cm³/mol. The second kappa shape index (κ2) is 7.28. The Morgan fingerprint density at radius 1 is 1.34 bits per heavy atom. The average molecular weight is 411 g/mol. The van der Waals surface area contributed by atoms with Gasteiger partial charge in [0.25, 0.3) is 5.91 Å². The Kier molecular flexibility index (Phi) is 5.06. The van der Waals surface area contributed by atoms with Crippen molar-refractivity contribution >= 4 is 5.91 Å². The Labute approximate surface area is 166 Å². The van der Waals surface area contributed by atoms with Crippen LogP contribution in [0.15, 0.2) is 18.3 Å². The molecule has 1 unspecified atom stereocenters. The van der Waals surface area contributed by atoms with E-state index in [9.17, 15) is 23.1 Å². The Morgan fingerprint density at radius 2 is 2.07 bits per heavy atom. The molecule has 0 aromatic carbocycles. The summed E-state index contributed by atoms with van der Waals surface area (Å²) in [7, 11) is 0. The van der Waals surface area contributed by atoms with E-state index in [2.05, 4.69) is 4.98 Å². The number of likely N-dealkylation sites (tertiary alicyclic amines) is 1. The summed E-state index contributed by atoms with van der Waals surface area (Å²) in [5.41, 5.74) is -0.869. The van der Waals surface area contributed by atoms with E-state index in [-0.39, 0.29) is 24.4 Å². The summed E-state index contributed by atoms with van der Waals surface area (Å²) in [6.45, 7) is 3.31. The van der Waals surface area contributed by atoms with Crippen molar-refractivity contribution in [3.63, 3.8) is 0 Å². The second-order valence-corrected chi connectivity index (χ2v) is 8.11. The maximum absolute atomic E-state index is 13.1. The smallest absolute Gasteiger partial charge is 0.388 e. The molecule has 4 aliphatic rings. The molecule has 2 fully saturated rings. The van der Waals surface area contributed by atoms with E-state index in [1.807, 2.05) is 0 Å². The molecule has 0 radical (unpaired) electrons. The number of hydrogen-bond donors (Lipinski definition) is 1. The van der Waals surface area contributed by atoms with Gasteiger partial charge in [0.2, 0.25) is 0 Å². The number of rotatable bonds is 3. The number of fused-ring (bicyclic) bond motifs is 1. The lowest BCUT2D eigenvalue weighted by atomic mass is 9.90. The molecule has 0 aliphatic carbocycles. The molecule has 6 nitrogen and oxygen atoms in total. The van der Waals surface area contributed by atoms with Gasteiger partial charge in [0.1, 0.15) is 17.6 Å². The van der Waals surface area contributed by atoms with Gasteiger partial charge < -0.3 is 19.3 Å². The number of carbonyl (C=O) groups is 1. The van der Waals surface area contributed by atoms with Gasteiger partial charge in [-0.3, -0.25) is 4.79 Å². The highest BCUT2D eigenvalue weighted by molar-refractivity contribution is 5.81. The van der Waals surface area contributed by atoms with Gasteiger partial charge in [-0.15, -0.1) is 0 Å². The summed E-state index contributed by atoms with van der Waals surface area (Å²) in [5.74, 6) is 0.164. The van der Waals surface area contributed by atoms with Crippen LogP contribution >= 0.6 is 0 Å². The summed E-state index contributed by atoms with van der Waals surface area (Å²) < 4.78 is 46.3. The van der Waals surface area contributed by atoms with E-state index >= 15 is 0 Å². The van der Waals surface area contributed by atoms with Crippen LogP contribution in [0.25, 0.3) is 11.4 Å². The molecule has 29 heavy (non-hydrogen) atoms. The third-order valence-corrected chi connectivity index (χ3v) is 5.76. The summed E-state index contributed by atoms with van der Waals surface area (Å²) in [4.78, 5) is 18.0. The van der Waals surface area contributed by atoms with Crippen LogP contribution in [0, 0.1) is 6.92 Å². The molecular formula is C20H24F3N3O3. The molecule has 2 saturated heterocycles. The molecule has 1 atom stereocenters. The number of amides is 1. The van der Waals surface area contributed by atoms with Crippen LogP contribution in [0.2, 0.25) is 0 Å². The third kappa shape index (κ3) is 4.11. The highest BCUT2D eigenvalue weighted by atomic mass is 19.4. The molecule has 4 rings (SSSR count). The summed E-state index contributed by atoms with van der Waals surface area (Å²) in [5, 5.41) is 11.1. The van der Waals surface area contributed by atoms with Crippen molar-refractivity contribution in [2.45, 2.75) is 57.0 Å². The lowest BCUT2D eigenvalue weighted by Crippen LogP contribution is -2.51. The van der Waals surface area contributed by atoms with E-state index in [1.165, 1.54) is 0 Å². The minimum absolute atomic E-state index is 0.0392. The quantitative estimate of drug-likeness (QED) is 0.844. The normalized spacial score (nSPS) is 22.4. The van der Waals surface area contributed by atoms with Crippen molar-refractivity contribution in [3.05, 3.63) is 29.6 Å². The number of piperidine rings is 1. The van der Waals surface area contributed by atoms with Crippen LogP contribution in [0.3, 0.4) is 0 Å². The number of pyridine rings is 1. The predicted octanol–water partition coefficient (Wildman–Crippen LogP) is 2.85. The molecule has 4 heterocycles.